The van der Waals surface area contributed by atoms with Crippen LogP contribution in [0.2, 0.25) is 0 Å². The number of aryl methyl sites for hydroxylation is 1. The van der Waals surface area contributed by atoms with Crippen LogP contribution in [0.15, 0.2) is 30.6 Å². The number of hydrogen-bond donors (Lipinski definition) is 2. The molecule has 3 N–H and O–H groups in total. The van der Waals surface area contributed by atoms with E-state index in [1.807, 2.05) is 45.0 Å². The van der Waals surface area contributed by atoms with Crippen molar-refractivity contribution in [3.63, 3.8) is 0 Å². The van der Waals surface area contributed by atoms with E-state index in [9.17, 15) is 0 Å². The van der Waals surface area contributed by atoms with Crippen molar-refractivity contribution < 1.29 is 4.74 Å². The van der Waals surface area contributed by atoms with Gasteiger partial charge < -0.3 is 15.5 Å². The lowest BCUT2D eigenvalue weighted by atomic mass is 10.2. The standard InChI is InChI=1S/C13H13N5O.C2H6/c1-8-2-4-9(5-3-8)6-19-12-10-11(16-7-15-10)17-13(14)18-12;1-2/h2-5,7H,6H2,1H3,(H3,14,15,16,17,18);1-2H3. The summed E-state index contributed by atoms with van der Waals surface area (Å²) in [5.74, 6) is 0.569. The van der Waals surface area contributed by atoms with Crippen LogP contribution in [-0.2, 0) is 6.61 Å². The maximum absolute atomic E-state index is 5.68. The smallest absolute Gasteiger partial charge is 0.245 e. The van der Waals surface area contributed by atoms with Crippen LogP contribution >= 0.6 is 0 Å². The van der Waals surface area contributed by atoms with Gasteiger partial charge in [-0.2, -0.15) is 9.97 Å². The molecule has 2 heterocycles. The van der Waals surface area contributed by atoms with Crippen LogP contribution in [-0.4, -0.2) is 19.9 Å². The first kappa shape index (κ1) is 14.8. The first-order valence-corrected chi connectivity index (χ1v) is 6.87. The molecule has 6 nitrogen and oxygen atoms in total. The van der Waals surface area contributed by atoms with E-state index in [-0.39, 0.29) is 5.95 Å². The summed E-state index contributed by atoms with van der Waals surface area (Å²) in [4.78, 5) is 15.1. The van der Waals surface area contributed by atoms with Crippen LogP contribution in [0.25, 0.3) is 11.2 Å². The van der Waals surface area contributed by atoms with Crippen molar-refractivity contribution in [2.45, 2.75) is 27.4 Å². The third-order valence-corrected chi connectivity index (χ3v) is 2.77. The molecule has 0 aliphatic carbocycles. The number of H-pyrrole nitrogens is 1. The van der Waals surface area contributed by atoms with Gasteiger partial charge >= 0.3 is 0 Å². The summed E-state index contributed by atoms with van der Waals surface area (Å²) in [7, 11) is 0. The first-order valence-electron chi connectivity index (χ1n) is 6.87. The second kappa shape index (κ2) is 6.69. The van der Waals surface area contributed by atoms with Gasteiger partial charge in [0.1, 0.15) is 12.1 Å². The van der Waals surface area contributed by atoms with Gasteiger partial charge in [-0.1, -0.05) is 43.7 Å². The second-order valence-electron chi connectivity index (χ2n) is 4.26. The van der Waals surface area contributed by atoms with Crippen molar-refractivity contribution in [2.75, 3.05) is 5.73 Å². The molecule has 0 unspecified atom stereocenters. The molecule has 21 heavy (non-hydrogen) atoms. The van der Waals surface area contributed by atoms with Crippen LogP contribution in [0.5, 0.6) is 5.88 Å². The van der Waals surface area contributed by atoms with Crippen LogP contribution < -0.4 is 10.5 Å². The van der Waals surface area contributed by atoms with Gasteiger partial charge in [0, 0.05) is 0 Å². The molecule has 0 atom stereocenters. The minimum absolute atomic E-state index is 0.151. The Morgan fingerprint density at radius 1 is 1.14 bits per heavy atom. The molecule has 0 fully saturated rings. The topological polar surface area (TPSA) is 89.7 Å². The molecule has 3 aromatic rings. The molecule has 0 spiro atoms. The van der Waals surface area contributed by atoms with Gasteiger partial charge in [0.05, 0.1) is 6.33 Å². The highest BCUT2D eigenvalue weighted by Crippen LogP contribution is 2.20. The van der Waals surface area contributed by atoms with Crippen LogP contribution in [0.3, 0.4) is 0 Å². The van der Waals surface area contributed by atoms with Crippen molar-refractivity contribution in [2.24, 2.45) is 0 Å². The molecule has 110 valence electrons. The van der Waals surface area contributed by atoms with Crippen molar-refractivity contribution >= 4 is 17.1 Å². The van der Waals surface area contributed by atoms with E-state index in [1.54, 1.807) is 0 Å². The van der Waals surface area contributed by atoms with E-state index >= 15 is 0 Å². The fraction of sp³-hybridized carbons (Fsp3) is 0.267. The van der Waals surface area contributed by atoms with Crippen LogP contribution in [0.4, 0.5) is 5.95 Å². The predicted molar refractivity (Wildman–Crippen MR) is 83.0 cm³/mol. The van der Waals surface area contributed by atoms with Gasteiger partial charge in [-0.3, -0.25) is 0 Å². The van der Waals surface area contributed by atoms with Gasteiger partial charge in [-0.25, -0.2) is 4.98 Å². The Bertz CT molecular complexity index is 706. The number of rotatable bonds is 3. The molecule has 3 rings (SSSR count). The number of anilines is 1. The minimum Gasteiger partial charge on any atom is -0.471 e. The van der Waals surface area contributed by atoms with Gasteiger partial charge in [-0.05, 0) is 12.5 Å². The number of nitrogens with two attached hydrogens (primary N) is 1. The zero-order chi connectivity index (χ0) is 15.2. The Balaban J connectivity index is 0.000000774. The van der Waals surface area contributed by atoms with Crippen LogP contribution in [0, 0.1) is 6.92 Å². The molecule has 6 heteroatoms. The number of aromatic amines is 1. The maximum Gasteiger partial charge on any atom is 0.245 e. The molecule has 2 aromatic heterocycles. The van der Waals surface area contributed by atoms with E-state index in [0.717, 1.165) is 5.56 Å². The number of nitrogen functional groups attached to an aromatic ring is 1. The third kappa shape index (κ3) is 3.47. The molecule has 0 amide bonds. The van der Waals surface area contributed by atoms with E-state index in [4.69, 9.17) is 10.5 Å². The highest BCUT2D eigenvalue weighted by Gasteiger charge is 2.09. The largest absolute Gasteiger partial charge is 0.471 e. The Kier molecular flexibility index (Phi) is 4.71. The number of nitrogens with one attached hydrogen (secondary N) is 1. The SMILES string of the molecule is CC.Cc1ccc(COc2nc(N)nc3nc[nH]c23)cc1. The van der Waals surface area contributed by atoms with Crippen molar-refractivity contribution in [1.82, 2.24) is 19.9 Å². The zero-order valence-corrected chi connectivity index (χ0v) is 12.4. The minimum atomic E-state index is 0.151. The Morgan fingerprint density at radius 2 is 1.86 bits per heavy atom. The number of imidazole rings is 1. The molecular formula is C15H19N5O. The molecule has 0 aliphatic heterocycles. The van der Waals surface area contributed by atoms with Gasteiger partial charge in [0.2, 0.25) is 11.8 Å². The number of hydrogen-bond acceptors (Lipinski definition) is 5. The van der Waals surface area contributed by atoms with Crippen molar-refractivity contribution in [3.8, 4) is 5.88 Å². The number of benzene rings is 1. The summed E-state index contributed by atoms with van der Waals surface area (Å²) in [6.45, 7) is 6.47. The summed E-state index contributed by atoms with van der Waals surface area (Å²) in [5.41, 5.74) is 9.06. The average molecular weight is 285 g/mol. The number of ether oxygens (including phenoxy) is 1. The normalized spacial score (nSPS) is 10.0. The fourth-order valence-electron chi connectivity index (χ4n) is 1.76. The monoisotopic (exact) mass is 285 g/mol. The lowest BCUT2D eigenvalue weighted by molar-refractivity contribution is 0.297. The molecule has 0 bridgehead atoms. The summed E-state index contributed by atoms with van der Waals surface area (Å²) in [5, 5.41) is 0. The van der Waals surface area contributed by atoms with E-state index in [1.165, 1.54) is 11.9 Å². The lowest BCUT2D eigenvalue weighted by Gasteiger charge is -2.06. The lowest BCUT2D eigenvalue weighted by Crippen LogP contribution is -2.02. The number of aromatic nitrogens is 4. The second-order valence-corrected chi connectivity index (χ2v) is 4.26. The summed E-state index contributed by atoms with van der Waals surface area (Å²) in [6, 6.07) is 8.12. The Labute approximate surface area is 123 Å². The van der Waals surface area contributed by atoms with Gasteiger partial charge in [-0.15, -0.1) is 0 Å². The van der Waals surface area contributed by atoms with E-state index in [2.05, 4.69) is 19.9 Å². The highest BCUT2D eigenvalue weighted by molar-refractivity contribution is 5.76. The van der Waals surface area contributed by atoms with Crippen molar-refractivity contribution in [1.29, 1.82) is 0 Å². The van der Waals surface area contributed by atoms with E-state index < -0.39 is 0 Å². The molecule has 0 saturated heterocycles. The first-order chi connectivity index (χ1) is 10.2. The molecule has 0 radical (unpaired) electrons. The molecule has 0 saturated carbocycles. The van der Waals surface area contributed by atoms with Crippen LogP contribution in [0.1, 0.15) is 25.0 Å². The summed E-state index contributed by atoms with van der Waals surface area (Å²) < 4.78 is 5.68. The molecule has 0 aliphatic rings. The summed E-state index contributed by atoms with van der Waals surface area (Å²) in [6.07, 6.45) is 1.54. The fourth-order valence-corrected chi connectivity index (χ4v) is 1.76. The highest BCUT2D eigenvalue weighted by atomic mass is 16.5. The number of nitrogens with zero attached hydrogens (tertiary/aromatic N) is 3. The maximum atomic E-state index is 5.68. The van der Waals surface area contributed by atoms with E-state index in [0.29, 0.717) is 23.7 Å². The number of fused-ring (bicyclic) bond motifs is 1. The van der Waals surface area contributed by atoms with Gasteiger partial charge in [0.25, 0.3) is 0 Å². The molecule has 1 aromatic carbocycles. The zero-order valence-electron chi connectivity index (χ0n) is 12.4. The predicted octanol–water partition coefficient (Wildman–Crippen LogP) is 2.85. The summed E-state index contributed by atoms with van der Waals surface area (Å²) >= 11 is 0. The van der Waals surface area contributed by atoms with Gasteiger partial charge in [0.15, 0.2) is 5.65 Å². The van der Waals surface area contributed by atoms with Crippen molar-refractivity contribution in [3.05, 3.63) is 41.7 Å². The Morgan fingerprint density at radius 3 is 2.57 bits per heavy atom. The molecular weight excluding hydrogens is 266 g/mol. The third-order valence-electron chi connectivity index (χ3n) is 2.77. The quantitative estimate of drug-likeness (QED) is 0.772. The average Bonchev–Trinajstić information content (AvgIpc) is 2.96. The Hall–Kier alpha value is -2.63.